The van der Waals surface area contributed by atoms with E-state index < -0.39 is 11.4 Å². The molecule has 1 unspecified atom stereocenters. The summed E-state index contributed by atoms with van der Waals surface area (Å²) in [6.45, 7) is 5.60. The summed E-state index contributed by atoms with van der Waals surface area (Å²) in [7, 11) is 1.73. The van der Waals surface area contributed by atoms with E-state index in [1.54, 1.807) is 40.0 Å². The van der Waals surface area contributed by atoms with Crippen molar-refractivity contribution >= 4 is 0 Å². The van der Waals surface area contributed by atoms with Crippen molar-refractivity contribution in [1.29, 1.82) is 0 Å². The van der Waals surface area contributed by atoms with Crippen molar-refractivity contribution in [3.8, 4) is 5.75 Å². The van der Waals surface area contributed by atoms with Crippen LogP contribution >= 0.6 is 0 Å². The monoisotopic (exact) mass is 241 g/mol. The molecule has 4 heteroatoms. The van der Waals surface area contributed by atoms with Crippen LogP contribution in [0.25, 0.3) is 0 Å². The Hall–Kier alpha value is -1.13. The molecule has 0 aliphatic carbocycles. The molecule has 0 spiro atoms. The second kappa shape index (κ2) is 5.47. The third-order valence-electron chi connectivity index (χ3n) is 2.58. The van der Waals surface area contributed by atoms with Gasteiger partial charge in [0.25, 0.3) is 0 Å². The van der Waals surface area contributed by atoms with Crippen LogP contribution in [0.5, 0.6) is 5.75 Å². The summed E-state index contributed by atoms with van der Waals surface area (Å²) < 4.78 is 18.8. The van der Waals surface area contributed by atoms with Gasteiger partial charge in [-0.1, -0.05) is 6.07 Å². The fourth-order valence-corrected chi connectivity index (χ4v) is 1.90. The molecule has 2 N–H and O–H groups in total. The second-order valence-electron chi connectivity index (χ2n) is 4.50. The van der Waals surface area contributed by atoms with Crippen molar-refractivity contribution in [1.82, 2.24) is 5.32 Å². The number of aliphatic hydroxyl groups is 1. The first kappa shape index (κ1) is 13.9. The lowest BCUT2D eigenvalue weighted by Crippen LogP contribution is -2.37. The maximum absolute atomic E-state index is 13.7. The molecule has 0 aromatic heterocycles. The normalized spacial score (nSPS) is 13.5. The van der Waals surface area contributed by atoms with Gasteiger partial charge in [0.15, 0.2) is 11.6 Å². The van der Waals surface area contributed by atoms with E-state index in [9.17, 15) is 9.50 Å². The highest BCUT2D eigenvalue weighted by Crippen LogP contribution is 2.28. The number of nitrogens with one attached hydrogen (secondary N) is 1. The maximum atomic E-state index is 13.7. The molecule has 0 bridgehead atoms. The Morgan fingerprint density at radius 1 is 1.47 bits per heavy atom. The van der Waals surface area contributed by atoms with Crippen molar-refractivity contribution in [3.63, 3.8) is 0 Å². The molecule has 0 aliphatic rings. The lowest BCUT2D eigenvalue weighted by Gasteiger charge is -2.29. The first-order valence-corrected chi connectivity index (χ1v) is 5.72. The van der Waals surface area contributed by atoms with Crippen molar-refractivity contribution in [2.75, 3.05) is 13.7 Å². The zero-order valence-corrected chi connectivity index (χ0v) is 10.7. The molecule has 3 nitrogen and oxygen atoms in total. The molecule has 0 saturated carbocycles. The predicted molar refractivity (Wildman–Crippen MR) is 65.7 cm³/mol. The van der Waals surface area contributed by atoms with Gasteiger partial charge in [-0.25, -0.2) is 4.39 Å². The fourth-order valence-electron chi connectivity index (χ4n) is 1.90. The average Bonchev–Trinajstić information content (AvgIpc) is 2.21. The van der Waals surface area contributed by atoms with Crippen molar-refractivity contribution in [3.05, 3.63) is 29.6 Å². The van der Waals surface area contributed by atoms with Gasteiger partial charge in [-0.15, -0.1) is 0 Å². The van der Waals surface area contributed by atoms with Crippen LogP contribution in [0.3, 0.4) is 0 Å². The topological polar surface area (TPSA) is 41.5 Å². The molecule has 0 radical (unpaired) electrons. The lowest BCUT2D eigenvalue weighted by atomic mass is 9.92. The van der Waals surface area contributed by atoms with E-state index in [4.69, 9.17) is 4.74 Å². The molecule has 0 amide bonds. The zero-order chi connectivity index (χ0) is 13.1. The summed E-state index contributed by atoms with van der Waals surface area (Å²) in [4.78, 5) is 0. The van der Waals surface area contributed by atoms with E-state index in [2.05, 4.69) is 5.32 Å². The number of rotatable bonds is 5. The molecule has 1 aromatic carbocycles. The van der Waals surface area contributed by atoms with Crippen molar-refractivity contribution in [2.45, 2.75) is 32.4 Å². The van der Waals surface area contributed by atoms with Crippen LogP contribution in [0.4, 0.5) is 4.39 Å². The van der Waals surface area contributed by atoms with Gasteiger partial charge < -0.3 is 15.2 Å². The molecule has 0 heterocycles. The number of hydrogen-bond donors (Lipinski definition) is 2. The number of hydrogen-bond acceptors (Lipinski definition) is 3. The fraction of sp³-hybridized carbons (Fsp3) is 0.538. The van der Waals surface area contributed by atoms with Crippen LogP contribution in [0.1, 0.15) is 32.4 Å². The van der Waals surface area contributed by atoms with E-state index >= 15 is 0 Å². The molecule has 1 aromatic rings. The third kappa shape index (κ3) is 3.41. The van der Waals surface area contributed by atoms with E-state index in [0.717, 1.165) is 0 Å². The van der Waals surface area contributed by atoms with E-state index in [-0.39, 0.29) is 11.8 Å². The van der Waals surface area contributed by atoms with Crippen LogP contribution in [0, 0.1) is 5.82 Å². The highest BCUT2D eigenvalue weighted by atomic mass is 19.1. The highest BCUT2D eigenvalue weighted by molar-refractivity contribution is 5.32. The van der Waals surface area contributed by atoms with Gasteiger partial charge in [-0.05, 0) is 45.5 Å². The minimum absolute atomic E-state index is 0.238. The van der Waals surface area contributed by atoms with E-state index in [0.29, 0.717) is 12.2 Å². The molecular formula is C13H20FNO2. The number of ether oxygens (including phenoxy) is 1. The molecule has 0 aliphatic heterocycles. The Kier molecular flexibility index (Phi) is 4.48. The number of benzene rings is 1. The summed E-state index contributed by atoms with van der Waals surface area (Å²) in [5.74, 6) is -0.171. The standard InChI is InChI=1S/C13H20FNO2/c1-5-17-11-7-6-9(8-10(11)14)12(15-4)13(2,3)16/h6-8,12,15-16H,5H2,1-4H3. The second-order valence-corrected chi connectivity index (χ2v) is 4.50. The molecule has 0 saturated heterocycles. The van der Waals surface area contributed by atoms with Crippen LogP contribution in [0.2, 0.25) is 0 Å². The third-order valence-corrected chi connectivity index (χ3v) is 2.58. The summed E-state index contributed by atoms with van der Waals surface area (Å²) in [6, 6.07) is 4.41. The van der Waals surface area contributed by atoms with Crippen molar-refractivity contribution < 1.29 is 14.2 Å². The maximum Gasteiger partial charge on any atom is 0.165 e. The van der Waals surface area contributed by atoms with Gasteiger partial charge in [-0.3, -0.25) is 0 Å². The van der Waals surface area contributed by atoms with Gasteiger partial charge in [-0.2, -0.15) is 0 Å². The molecule has 17 heavy (non-hydrogen) atoms. The first-order valence-electron chi connectivity index (χ1n) is 5.72. The van der Waals surface area contributed by atoms with E-state index in [1.165, 1.54) is 6.07 Å². The summed E-state index contributed by atoms with van der Waals surface area (Å²) >= 11 is 0. The minimum Gasteiger partial charge on any atom is -0.491 e. The average molecular weight is 241 g/mol. The Morgan fingerprint density at radius 3 is 2.53 bits per heavy atom. The molecule has 1 rings (SSSR count). The molecule has 0 fully saturated rings. The van der Waals surface area contributed by atoms with Crippen LogP contribution in [0.15, 0.2) is 18.2 Å². The van der Waals surface area contributed by atoms with Crippen LogP contribution < -0.4 is 10.1 Å². The highest BCUT2D eigenvalue weighted by Gasteiger charge is 2.27. The Morgan fingerprint density at radius 2 is 2.12 bits per heavy atom. The van der Waals surface area contributed by atoms with Gasteiger partial charge in [0.05, 0.1) is 18.2 Å². The predicted octanol–water partition coefficient (Wildman–Crippen LogP) is 2.26. The first-order chi connectivity index (χ1) is 7.90. The Labute approximate surface area is 102 Å². The largest absolute Gasteiger partial charge is 0.491 e. The number of halogens is 1. The number of likely N-dealkylation sites (N-methyl/N-ethyl adjacent to an activating group) is 1. The molecule has 1 atom stereocenters. The van der Waals surface area contributed by atoms with Gasteiger partial charge in [0.1, 0.15) is 0 Å². The van der Waals surface area contributed by atoms with Gasteiger partial charge in [0.2, 0.25) is 0 Å². The Balaban J connectivity index is 3.03. The zero-order valence-electron chi connectivity index (χ0n) is 10.7. The van der Waals surface area contributed by atoms with Crippen LogP contribution in [-0.4, -0.2) is 24.4 Å². The quantitative estimate of drug-likeness (QED) is 0.830. The van der Waals surface area contributed by atoms with Crippen LogP contribution in [-0.2, 0) is 0 Å². The van der Waals surface area contributed by atoms with E-state index in [1.807, 2.05) is 0 Å². The summed E-state index contributed by atoms with van der Waals surface area (Å²) in [5.41, 5.74) is -0.269. The summed E-state index contributed by atoms with van der Waals surface area (Å²) in [6.07, 6.45) is 0. The molecule has 96 valence electrons. The SMILES string of the molecule is CCOc1ccc(C(NC)C(C)(C)O)cc1F. The smallest absolute Gasteiger partial charge is 0.165 e. The Bertz CT molecular complexity index is 374. The lowest BCUT2D eigenvalue weighted by molar-refractivity contribution is 0.0399. The minimum atomic E-state index is -0.964. The van der Waals surface area contributed by atoms with Gasteiger partial charge >= 0.3 is 0 Å². The van der Waals surface area contributed by atoms with Crippen molar-refractivity contribution in [2.24, 2.45) is 0 Å². The van der Waals surface area contributed by atoms with Gasteiger partial charge in [0, 0.05) is 0 Å². The molecular weight excluding hydrogens is 221 g/mol. The summed E-state index contributed by atoms with van der Waals surface area (Å²) in [5, 5.41) is 13.0.